The Bertz CT molecular complexity index is 561. The lowest BCUT2D eigenvalue weighted by molar-refractivity contribution is -0.907. The van der Waals surface area contributed by atoms with Gasteiger partial charge in [-0.3, -0.25) is 4.79 Å². The van der Waals surface area contributed by atoms with Crippen LogP contribution in [0.1, 0.15) is 25.3 Å². The minimum absolute atomic E-state index is 0.0300. The lowest BCUT2D eigenvalue weighted by atomic mass is 9.77. The first kappa shape index (κ1) is 16.5. The van der Waals surface area contributed by atoms with Gasteiger partial charge in [-0.2, -0.15) is 4.79 Å². The third-order valence-corrected chi connectivity index (χ3v) is 4.78. The van der Waals surface area contributed by atoms with Gasteiger partial charge in [-0.15, -0.1) is 0 Å². The molecule has 0 radical (unpaired) electrons. The lowest BCUT2D eigenvalue weighted by Gasteiger charge is -2.47. The fourth-order valence-corrected chi connectivity index (χ4v) is 3.37. The Morgan fingerprint density at radius 3 is 2.41 bits per heavy atom. The summed E-state index contributed by atoms with van der Waals surface area (Å²) in [5.74, 6) is -0.985. The van der Waals surface area contributed by atoms with Gasteiger partial charge >= 0.3 is 12.1 Å². The Hall–Kier alpha value is -1.92. The highest BCUT2D eigenvalue weighted by molar-refractivity contribution is 5.75. The predicted octanol–water partition coefficient (Wildman–Crippen LogP) is 1.93. The van der Waals surface area contributed by atoms with Crippen molar-refractivity contribution >= 4 is 12.1 Å². The molecule has 1 fully saturated rings. The van der Waals surface area contributed by atoms with Crippen LogP contribution in [0.25, 0.3) is 0 Å². The van der Waals surface area contributed by atoms with E-state index in [4.69, 9.17) is 0 Å². The summed E-state index contributed by atoms with van der Waals surface area (Å²) < 4.78 is -0.441. The van der Waals surface area contributed by atoms with Gasteiger partial charge in [0, 0.05) is 12.0 Å². The number of carboxylic acids is 1. The zero-order valence-electron chi connectivity index (χ0n) is 12.6. The molecule has 3 N–H and O–H groups in total. The number of carboxylic acid groups (broad SMARTS) is 2. The Labute approximate surface area is 129 Å². The number of rotatable bonds is 4. The van der Waals surface area contributed by atoms with Crippen molar-refractivity contribution in [2.24, 2.45) is 5.41 Å². The third kappa shape index (κ3) is 2.84. The predicted molar refractivity (Wildman–Crippen MR) is 79.1 cm³/mol. The van der Waals surface area contributed by atoms with Crippen LogP contribution in [0.15, 0.2) is 30.3 Å². The van der Waals surface area contributed by atoms with Crippen molar-refractivity contribution < 1.29 is 29.4 Å². The van der Waals surface area contributed by atoms with E-state index in [-0.39, 0.29) is 19.7 Å². The highest BCUT2D eigenvalue weighted by Gasteiger charge is 2.56. The van der Waals surface area contributed by atoms with E-state index in [1.165, 1.54) is 0 Å². The molecule has 1 heterocycles. The molecular formula is C16H22NO5+. The summed E-state index contributed by atoms with van der Waals surface area (Å²) >= 11 is 0. The maximum atomic E-state index is 12.0. The molecule has 1 saturated heterocycles. The Morgan fingerprint density at radius 1 is 1.27 bits per heavy atom. The smallest absolute Gasteiger partial charge is 0.481 e. The number of likely N-dealkylation sites (tertiary alicyclic amines) is 1. The Balaban J connectivity index is 2.43. The first-order valence-corrected chi connectivity index (χ1v) is 7.32. The first-order valence-electron chi connectivity index (χ1n) is 7.32. The summed E-state index contributed by atoms with van der Waals surface area (Å²) in [7, 11) is 0. The van der Waals surface area contributed by atoms with Crippen molar-refractivity contribution in [1.82, 2.24) is 0 Å². The molecule has 1 unspecified atom stereocenters. The summed E-state index contributed by atoms with van der Waals surface area (Å²) in [5, 5.41) is 28.9. The SMILES string of the molecule is C[C@]1(C(=O)O)CC[C@H](CO)[N+](Cc2ccccc2)(C(=O)O)C1. The lowest BCUT2D eigenvalue weighted by Crippen LogP contribution is -2.67. The summed E-state index contributed by atoms with van der Waals surface area (Å²) in [6.45, 7) is 1.46. The maximum absolute atomic E-state index is 12.0. The normalized spacial score (nSPS) is 31.6. The molecule has 0 aromatic heterocycles. The summed E-state index contributed by atoms with van der Waals surface area (Å²) in [5.41, 5.74) is -0.281. The first-order chi connectivity index (χ1) is 10.3. The van der Waals surface area contributed by atoms with Gasteiger partial charge in [-0.25, -0.2) is 4.48 Å². The fraction of sp³-hybridized carbons (Fsp3) is 0.500. The van der Waals surface area contributed by atoms with Gasteiger partial charge in [0.05, 0.1) is 6.61 Å². The molecule has 0 aliphatic carbocycles. The largest absolute Gasteiger partial charge is 0.514 e. The van der Waals surface area contributed by atoms with Crippen molar-refractivity contribution in [2.45, 2.75) is 32.4 Å². The van der Waals surface area contributed by atoms with E-state index in [0.29, 0.717) is 12.8 Å². The van der Waals surface area contributed by atoms with Gasteiger partial charge in [0.25, 0.3) is 0 Å². The van der Waals surface area contributed by atoms with Crippen molar-refractivity contribution in [3.8, 4) is 0 Å². The topological polar surface area (TPSA) is 94.8 Å². The molecular weight excluding hydrogens is 286 g/mol. The van der Waals surface area contributed by atoms with Gasteiger partial charge in [0.1, 0.15) is 24.5 Å². The number of aliphatic hydroxyl groups excluding tert-OH is 1. The Morgan fingerprint density at radius 2 is 1.91 bits per heavy atom. The second kappa shape index (κ2) is 6.06. The van der Waals surface area contributed by atoms with Crippen LogP contribution in [0, 0.1) is 5.41 Å². The average molecular weight is 308 g/mol. The second-order valence-corrected chi connectivity index (χ2v) is 6.36. The molecule has 1 amide bonds. The Kier molecular flexibility index (Phi) is 4.53. The van der Waals surface area contributed by atoms with E-state index < -0.39 is 28.0 Å². The molecule has 1 aromatic rings. The zero-order valence-corrected chi connectivity index (χ0v) is 12.6. The van der Waals surface area contributed by atoms with Gasteiger partial charge in [-0.05, 0) is 13.3 Å². The van der Waals surface area contributed by atoms with Crippen LogP contribution in [-0.4, -0.2) is 51.1 Å². The molecule has 3 atom stereocenters. The fourth-order valence-electron chi connectivity index (χ4n) is 3.37. The number of benzene rings is 1. The van der Waals surface area contributed by atoms with Crippen LogP contribution in [0.2, 0.25) is 0 Å². The van der Waals surface area contributed by atoms with Crippen LogP contribution in [0.4, 0.5) is 4.79 Å². The molecule has 0 spiro atoms. The molecule has 6 nitrogen and oxygen atoms in total. The van der Waals surface area contributed by atoms with Crippen molar-refractivity contribution in [3.05, 3.63) is 35.9 Å². The van der Waals surface area contributed by atoms with Gasteiger partial charge in [-0.1, -0.05) is 30.3 Å². The van der Waals surface area contributed by atoms with E-state index in [0.717, 1.165) is 5.56 Å². The van der Waals surface area contributed by atoms with E-state index >= 15 is 0 Å². The average Bonchev–Trinajstić information content (AvgIpc) is 2.48. The summed E-state index contributed by atoms with van der Waals surface area (Å²) in [6.07, 6.45) is -0.344. The molecule has 6 heteroatoms. The number of piperidine rings is 1. The molecule has 1 aliphatic rings. The minimum Gasteiger partial charge on any atom is -0.481 e. The third-order valence-electron chi connectivity index (χ3n) is 4.78. The number of aliphatic carboxylic acids is 1. The molecule has 0 saturated carbocycles. The molecule has 120 valence electrons. The van der Waals surface area contributed by atoms with Gasteiger partial charge in [0.15, 0.2) is 0 Å². The van der Waals surface area contributed by atoms with Gasteiger partial charge < -0.3 is 15.3 Å². The quantitative estimate of drug-likeness (QED) is 0.739. The highest BCUT2D eigenvalue weighted by Crippen LogP contribution is 2.39. The number of carbonyl (C=O) groups is 2. The van der Waals surface area contributed by atoms with Crippen molar-refractivity contribution in [2.75, 3.05) is 13.2 Å². The van der Waals surface area contributed by atoms with E-state index in [1.54, 1.807) is 6.92 Å². The van der Waals surface area contributed by atoms with Crippen LogP contribution in [0.3, 0.4) is 0 Å². The van der Waals surface area contributed by atoms with E-state index in [1.807, 2.05) is 30.3 Å². The molecule has 1 aromatic carbocycles. The highest BCUT2D eigenvalue weighted by atomic mass is 16.4. The van der Waals surface area contributed by atoms with Crippen LogP contribution in [-0.2, 0) is 11.3 Å². The maximum Gasteiger partial charge on any atom is 0.514 e. The number of nitrogens with zero attached hydrogens (tertiary/aromatic N) is 1. The number of hydrogen-bond acceptors (Lipinski definition) is 3. The number of amides is 1. The number of aliphatic hydroxyl groups is 1. The molecule has 22 heavy (non-hydrogen) atoms. The standard InChI is InChI=1S/C16H21NO5/c1-16(14(19)20)8-7-13(10-18)17(11-16,15(21)22)9-12-5-3-2-4-6-12/h2-6,13,18H,7-11H2,1H3,(H-,19,20,21,22)/p+1/t13-,16+,17?/m1/s1. The molecule has 0 bridgehead atoms. The summed E-state index contributed by atoms with van der Waals surface area (Å²) in [6, 6.07) is 8.64. The minimum atomic E-state index is -1.10. The number of quaternary nitrogens is 1. The van der Waals surface area contributed by atoms with E-state index in [9.17, 15) is 24.9 Å². The van der Waals surface area contributed by atoms with Crippen LogP contribution >= 0.6 is 0 Å². The van der Waals surface area contributed by atoms with Gasteiger partial charge in [0.2, 0.25) is 0 Å². The van der Waals surface area contributed by atoms with E-state index in [2.05, 4.69) is 0 Å². The molecule has 2 rings (SSSR count). The monoisotopic (exact) mass is 308 g/mol. The van der Waals surface area contributed by atoms with Crippen molar-refractivity contribution in [1.29, 1.82) is 0 Å². The summed E-state index contributed by atoms with van der Waals surface area (Å²) in [4.78, 5) is 23.6. The molecule has 1 aliphatic heterocycles. The second-order valence-electron chi connectivity index (χ2n) is 6.36. The number of hydrogen-bond donors (Lipinski definition) is 3. The van der Waals surface area contributed by atoms with Crippen molar-refractivity contribution in [3.63, 3.8) is 0 Å². The van der Waals surface area contributed by atoms with Crippen LogP contribution in [0.5, 0.6) is 0 Å². The zero-order chi connectivity index (χ0) is 16.4. The van der Waals surface area contributed by atoms with Crippen LogP contribution < -0.4 is 0 Å².